The maximum Gasteiger partial charge on any atom is 0.0937 e. The van der Waals surface area contributed by atoms with Gasteiger partial charge in [-0.25, -0.2) is 0 Å². The largest absolute Gasteiger partial charge is 0.387 e. The second-order valence-corrected chi connectivity index (χ2v) is 7.19. The Balaban J connectivity index is 2.14. The number of nitrogens with zero attached hydrogens (tertiary/aromatic N) is 2. The van der Waals surface area contributed by atoms with Gasteiger partial charge in [0.2, 0.25) is 0 Å². The van der Waals surface area contributed by atoms with Crippen molar-refractivity contribution in [2.24, 2.45) is 7.05 Å². The Morgan fingerprint density at radius 1 is 1.37 bits per heavy atom. The van der Waals surface area contributed by atoms with Crippen LogP contribution in [0, 0.1) is 6.92 Å². The molecule has 0 radical (unpaired) electrons. The Bertz CT molecular complexity index is 563. The van der Waals surface area contributed by atoms with E-state index in [0.717, 1.165) is 16.3 Å². The molecule has 0 bridgehead atoms. The van der Waals surface area contributed by atoms with Gasteiger partial charge in [-0.1, -0.05) is 20.8 Å². The van der Waals surface area contributed by atoms with Crippen molar-refractivity contribution in [1.82, 2.24) is 9.78 Å². The highest BCUT2D eigenvalue weighted by Gasteiger charge is 2.19. The van der Waals surface area contributed by atoms with Crippen LogP contribution in [0.25, 0.3) is 0 Å². The third-order valence-electron chi connectivity index (χ3n) is 3.20. The van der Waals surface area contributed by atoms with Gasteiger partial charge in [-0.15, -0.1) is 11.3 Å². The summed E-state index contributed by atoms with van der Waals surface area (Å²) in [5, 5.41) is 14.7. The molecule has 104 valence electrons. The van der Waals surface area contributed by atoms with Crippen LogP contribution in [-0.4, -0.2) is 14.9 Å². The van der Waals surface area contributed by atoms with E-state index in [1.165, 1.54) is 4.88 Å². The first-order valence-electron chi connectivity index (χ1n) is 6.55. The lowest BCUT2D eigenvalue weighted by molar-refractivity contribution is 0.179. The van der Waals surface area contributed by atoms with E-state index in [1.807, 2.05) is 30.8 Å². The Morgan fingerprint density at radius 3 is 2.53 bits per heavy atom. The zero-order chi connectivity index (χ0) is 14.2. The van der Waals surface area contributed by atoms with E-state index in [-0.39, 0.29) is 5.41 Å². The molecule has 1 N–H and O–H groups in total. The molecule has 19 heavy (non-hydrogen) atoms. The fourth-order valence-corrected chi connectivity index (χ4v) is 3.14. The summed E-state index contributed by atoms with van der Waals surface area (Å²) in [6.07, 6.45) is 0.164. The van der Waals surface area contributed by atoms with Crippen LogP contribution in [0.1, 0.15) is 48.0 Å². The molecule has 0 amide bonds. The first kappa shape index (κ1) is 14.3. The molecule has 2 aromatic heterocycles. The van der Waals surface area contributed by atoms with Crippen LogP contribution < -0.4 is 0 Å². The predicted molar refractivity (Wildman–Crippen MR) is 79.6 cm³/mol. The van der Waals surface area contributed by atoms with E-state index in [4.69, 9.17) is 0 Å². The molecule has 0 aliphatic heterocycles. The van der Waals surface area contributed by atoms with E-state index < -0.39 is 6.10 Å². The summed E-state index contributed by atoms with van der Waals surface area (Å²) in [7, 11) is 1.92. The number of thiophene rings is 1. The minimum atomic E-state index is -0.448. The lowest BCUT2D eigenvalue weighted by atomic mass is 9.95. The van der Waals surface area contributed by atoms with Crippen molar-refractivity contribution in [3.63, 3.8) is 0 Å². The van der Waals surface area contributed by atoms with Crippen molar-refractivity contribution in [3.05, 3.63) is 39.3 Å². The molecule has 2 aromatic rings. The molecule has 0 aliphatic carbocycles. The van der Waals surface area contributed by atoms with Gasteiger partial charge in [-0.3, -0.25) is 4.68 Å². The van der Waals surface area contributed by atoms with Crippen molar-refractivity contribution in [2.45, 2.75) is 45.6 Å². The zero-order valence-corrected chi connectivity index (χ0v) is 13.1. The minimum absolute atomic E-state index is 0.145. The number of aliphatic hydroxyl groups is 1. The molecule has 2 rings (SSSR count). The number of rotatable bonds is 3. The fourth-order valence-electron chi connectivity index (χ4n) is 2.09. The molecule has 0 spiro atoms. The van der Waals surface area contributed by atoms with Crippen molar-refractivity contribution in [3.8, 4) is 0 Å². The van der Waals surface area contributed by atoms with Gasteiger partial charge in [-0.2, -0.15) is 5.10 Å². The summed E-state index contributed by atoms with van der Waals surface area (Å²) in [4.78, 5) is 2.34. The fraction of sp³-hybridized carbons (Fsp3) is 0.533. The molecule has 0 aromatic carbocycles. The lowest BCUT2D eigenvalue weighted by Crippen LogP contribution is -2.08. The van der Waals surface area contributed by atoms with E-state index in [0.29, 0.717) is 6.42 Å². The van der Waals surface area contributed by atoms with Crippen LogP contribution in [0.3, 0.4) is 0 Å². The molecule has 1 atom stereocenters. The standard InChI is InChI=1S/C15H22N2OS/c1-10-8-11(17(5)16-10)9-12(18)13-6-7-14(19-13)15(2,3)4/h6-8,12,18H,9H2,1-5H3. The van der Waals surface area contributed by atoms with Crippen LogP contribution in [0.2, 0.25) is 0 Å². The van der Waals surface area contributed by atoms with Gasteiger partial charge >= 0.3 is 0 Å². The maximum absolute atomic E-state index is 10.4. The number of hydrogen-bond acceptors (Lipinski definition) is 3. The molecule has 4 heteroatoms. The highest BCUT2D eigenvalue weighted by molar-refractivity contribution is 7.12. The Kier molecular flexibility index (Phi) is 3.83. The predicted octanol–water partition coefficient (Wildman–Crippen LogP) is 3.36. The van der Waals surface area contributed by atoms with Crippen LogP contribution in [0.5, 0.6) is 0 Å². The van der Waals surface area contributed by atoms with Gasteiger partial charge < -0.3 is 5.11 Å². The molecule has 0 fully saturated rings. The molecule has 0 saturated carbocycles. The molecular formula is C15H22N2OS. The van der Waals surface area contributed by atoms with Gasteiger partial charge in [0, 0.05) is 28.9 Å². The first-order chi connectivity index (χ1) is 8.77. The van der Waals surface area contributed by atoms with Gasteiger partial charge in [0.1, 0.15) is 0 Å². The Morgan fingerprint density at radius 2 is 2.05 bits per heavy atom. The van der Waals surface area contributed by atoms with Gasteiger partial charge in [0.15, 0.2) is 0 Å². The average Bonchev–Trinajstić information content (AvgIpc) is 2.85. The van der Waals surface area contributed by atoms with Gasteiger partial charge in [0.25, 0.3) is 0 Å². The summed E-state index contributed by atoms with van der Waals surface area (Å²) in [5.74, 6) is 0. The van der Waals surface area contributed by atoms with Crippen LogP contribution in [0.4, 0.5) is 0 Å². The van der Waals surface area contributed by atoms with Crippen molar-refractivity contribution in [1.29, 1.82) is 0 Å². The van der Waals surface area contributed by atoms with Crippen molar-refractivity contribution >= 4 is 11.3 Å². The molecule has 2 heterocycles. The molecule has 3 nitrogen and oxygen atoms in total. The van der Waals surface area contributed by atoms with E-state index in [1.54, 1.807) is 11.3 Å². The minimum Gasteiger partial charge on any atom is -0.387 e. The third-order valence-corrected chi connectivity index (χ3v) is 4.81. The maximum atomic E-state index is 10.4. The van der Waals surface area contributed by atoms with Gasteiger partial charge in [0.05, 0.1) is 11.8 Å². The van der Waals surface area contributed by atoms with E-state index in [9.17, 15) is 5.11 Å². The summed E-state index contributed by atoms with van der Waals surface area (Å²) in [6.45, 7) is 8.55. The highest BCUT2D eigenvalue weighted by atomic mass is 32.1. The monoisotopic (exact) mass is 278 g/mol. The van der Waals surface area contributed by atoms with E-state index >= 15 is 0 Å². The summed E-state index contributed by atoms with van der Waals surface area (Å²) in [6, 6.07) is 6.19. The SMILES string of the molecule is Cc1cc(CC(O)c2ccc(C(C)(C)C)s2)n(C)n1. The number of hydrogen-bond donors (Lipinski definition) is 1. The van der Waals surface area contributed by atoms with Crippen molar-refractivity contribution < 1.29 is 5.11 Å². The molecule has 0 aliphatic rings. The van der Waals surface area contributed by atoms with Crippen LogP contribution >= 0.6 is 11.3 Å². The topological polar surface area (TPSA) is 38.0 Å². The molecule has 1 unspecified atom stereocenters. The Hall–Kier alpha value is -1.13. The normalized spacial score (nSPS) is 13.8. The summed E-state index contributed by atoms with van der Waals surface area (Å²) in [5.41, 5.74) is 2.20. The summed E-state index contributed by atoms with van der Waals surface area (Å²) < 4.78 is 1.84. The summed E-state index contributed by atoms with van der Waals surface area (Å²) >= 11 is 1.70. The quantitative estimate of drug-likeness (QED) is 0.935. The highest BCUT2D eigenvalue weighted by Crippen LogP contribution is 2.33. The Labute approximate surface area is 118 Å². The third kappa shape index (κ3) is 3.25. The number of aryl methyl sites for hydroxylation is 2. The second-order valence-electron chi connectivity index (χ2n) is 6.07. The average molecular weight is 278 g/mol. The zero-order valence-electron chi connectivity index (χ0n) is 12.3. The first-order valence-corrected chi connectivity index (χ1v) is 7.37. The van der Waals surface area contributed by atoms with Crippen molar-refractivity contribution in [2.75, 3.05) is 0 Å². The lowest BCUT2D eigenvalue weighted by Gasteiger charge is -2.15. The van der Waals surface area contributed by atoms with E-state index in [2.05, 4.69) is 31.9 Å². The molecular weight excluding hydrogens is 256 g/mol. The van der Waals surface area contributed by atoms with Crippen LogP contribution in [0.15, 0.2) is 18.2 Å². The van der Waals surface area contributed by atoms with Gasteiger partial charge in [-0.05, 0) is 30.5 Å². The van der Waals surface area contributed by atoms with Crippen LogP contribution in [-0.2, 0) is 18.9 Å². The molecule has 0 saturated heterocycles. The number of aromatic nitrogens is 2. The number of aliphatic hydroxyl groups excluding tert-OH is 1. The second kappa shape index (κ2) is 5.10. The smallest absolute Gasteiger partial charge is 0.0937 e.